The van der Waals surface area contributed by atoms with Crippen molar-refractivity contribution < 1.29 is 4.79 Å². The van der Waals surface area contributed by atoms with Crippen LogP contribution in [0, 0.1) is 0 Å². The third kappa shape index (κ3) is 5.01. The Bertz CT molecular complexity index is 402. The van der Waals surface area contributed by atoms with E-state index in [1.54, 1.807) is 7.05 Å². The molecule has 0 saturated carbocycles. The molecule has 0 fully saturated rings. The summed E-state index contributed by atoms with van der Waals surface area (Å²) in [6.45, 7) is 9.13. The summed E-state index contributed by atoms with van der Waals surface area (Å²) in [5, 5.41) is 5.85. The topological polar surface area (TPSA) is 44.4 Å². The van der Waals surface area contributed by atoms with Crippen LogP contribution < -0.4 is 10.6 Å². The predicted octanol–water partition coefficient (Wildman–Crippen LogP) is 2.07. The van der Waals surface area contributed by atoms with Gasteiger partial charge in [-0.3, -0.25) is 9.69 Å². The van der Waals surface area contributed by atoms with Crippen molar-refractivity contribution in [2.24, 2.45) is 0 Å². The number of anilines is 1. The second kappa shape index (κ2) is 7.92. The minimum atomic E-state index is -0.188. The highest BCUT2D eigenvalue weighted by Crippen LogP contribution is 2.13. The van der Waals surface area contributed by atoms with Gasteiger partial charge in [0.2, 0.25) is 5.91 Å². The van der Waals surface area contributed by atoms with Crippen molar-refractivity contribution in [1.29, 1.82) is 0 Å². The Kier molecular flexibility index (Phi) is 6.53. The second-order valence-corrected chi connectivity index (χ2v) is 4.66. The van der Waals surface area contributed by atoms with E-state index in [-0.39, 0.29) is 11.9 Å². The van der Waals surface area contributed by atoms with Crippen LogP contribution in [0.1, 0.15) is 26.3 Å². The Morgan fingerprint density at radius 2 is 2.00 bits per heavy atom. The van der Waals surface area contributed by atoms with Crippen LogP contribution in [0.3, 0.4) is 0 Å². The fourth-order valence-electron chi connectivity index (χ4n) is 1.83. The van der Waals surface area contributed by atoms with Gasteiger partial charge in [-0.15, -0.1) is 0 Å². The van der Waals surface area contributed by atoms with Crippen molar-refractivity contribution in [2.45, 2.75) is 33.4 Å². The highest BCUT2D eigenvalue weighted by molar-refractivity contribution is 5.94. The molecule has 1 amide bonds. The molecule has 1 aromatic rings. The third-order valence-corrected chi connectivity index (χ3v) is 3.32. The van der Waals surface area contributed by atoms with Crippen LogP contribution in [-0.2, 0) is 11.3 Å². The average Bonchev–Trinajstić information content (AvgIpc) is 2.44. The average molecular weight is 263 g/mol. The van der Waals surface area contributed by atoms with Crippen molar-refractivity contribution in [3.8, 4) is 0 Å². The van der Waals surface area contributed by atoms with Gasteiger partial charge < -0.3 is 10.6 Å². The van der Waals surface area contributed by atoms with E-state index in [1.807, 2.05) is 25.1 Å². The van der Waals surface area contributed by atoms with Gasteiger partial charge in [0.15, 0.2) is 0 Å². The first-order valence-corrected chi connectivity index (χ1v) is 6.90. The maximum atomic E-state index is 11.8. The number of rotatable bonds is 7. The van der Waals surface area contributed by atoms with Gasteiger partial charge in [-0.1, -0.05) is 26.0 Å². The van der Waals surface area contributed by atoms with Crippen LogP contribution in [0.25, 0.3) is 0 Å². The highest BCUT2D eigenvalue weighted by atomic mass is 16.2. The SMILES string of the molecule is CCN(CC)Cc1cccc(NC(=O)C(C)NC)c1. The maximum Gasteiger partial charge on any atom is 0.241 e. The third-order valence-electron chi connectivity index (χ3n) is 3.32. The van der Waals surface area contributed by atoms with Crippen molar-refractivity contribution in [1.82, 2.24) is 10.2 Å². The largest absolute Gasteiger partial charge is 0.325 e. The Hall–Kier alpha value is -1.39. The lowest BCUT2D eigenvalue weighted by Gasteiger charge is -2.18. The molecule has 1 aromatic carbocycles. The lowest BCUT2D eigenvalue weighted by atomic mass is 10.1. The summed E-state index contributed by atoms with van der Waals surface area (Å²) in [7, 11) is 1.78. The van der Waals surface area contributed by atoms with E-state index in [0.29, 0.717) is 0 Å². The Morgan fingerprint density at radius 3 is 2.58 bits per heavy atom. The van der Waals surface area contributed by atoms with Crippen molar-refractivity contribution in [3.63, 3.8) is 0 Å². The smallest absolute Gasteiger partial charge is 0.241 e. The van der Waals surface area contributed by atoms with Gasteiger partial charge in [0.1, 0.15) is 0 Å². The number of nitrogens with one attached hydrogen (secondary N) is 2. The molecule has 1 unspecified atom stereocenters. The Morgan fingerprint density at radius 1 is 1.32 bits per heavy atom. The van der Waals surface area contributed by atoms with Crippen LogP contribution in [0.5, 0.6) is 0 Å². The molecule has 0 radical (unpaired) electrons. The number of nitrogens with zero attached hydrogens (tertiary/aromatic N) is 1. The fraction of sp³-hybridized carbons (Fsp3) is 0.533. The Balaban J connectivity index is 2.69. The first-order chi connectivity index (χ1) is 9.10. The maximum absolute atomic E-state index is 11.8. The van der Waals surface area contributed by atoms with E-state index < -0.39 is 0 Å². The van der Waals surface area contributed by atoms with E-state index in [0.717, 1.165) is 25.3 Å². The quantitative estimate of drug-likeness (QED) is 0.791. The summed E-state index contributed by atoms with van der Waals surface area (Å²) < 4.78 is 0. The molecule has 0 aliphatic carbocycles. The minimum absolute atomic E-state index is 0.0116. The summed E-state index contributed by atoms with van der Waals surface area (Å²) in [4.78, 5) is 14.1. The van der Waals surface area contributed by atoms with Gasteiger partial charge in [-0.05, 0) is 44.8 Å². The van der Waals surface area contributed by atoms with Gasteiger partial charge in [0, 0.05) is 12.2 Å². The molecule has 0 spiro atoms. The van der Waals surface area contributed by atoms with Gasteiger partial charge >= 0.3 is 0 Å². The van der Waals surface area contributed by atoms with Gasteiger partial charge in [-0.25, -0.2) is 0 Å². The molecule has 0 saturated heterocycles. The second-order valence-electron chi connectivity index (χ2n) is 4.66. The number of carbonyl (C=O) groups excluding carboxylic acids is 1. The van der Waals surface area contributed by atoms with Gasteiger partial charge in [-0.2, -0.15) is 0 Å². The first kappa shape index (κ1) is 15.7. The van der Waals surface area contributed by atoms with E-state index in [2.05, 4.69) is 35.4 Å². The van der Waals surface area contributed by atoms with Crippen molar-refractivity contribution in [3.05, 3.63) is 29.8 Å². The lowest BCUT2D eigenvalue weighted by Crippen LogP contribution is -2.35. The van der Waals surface area contributed by atoms with Crippen LogP contribution in [0.4, 0.5) is 5.69 Å². The molecular formula is C15H25N3O. The molecule has 1 rings (SSSR count). The van der Waals surface area contributed by atoms with Crippen LogP contribution in [-0.4, -0.2) is 37.0 Å². The molecule has 0 aliphatic heterocycles. The van der Waals surface area contributed by atoms with Crippen molar-refractivity contribution in [2.75, 3.05) is 25.5 Å². The highest BCUT2D eigenvalue weighted by Gasteiger charge is 2.10. The molecule has 19 heavy (non-hydrogen) atoms. The zero-order chi connectivity index (χ0) is 14.3. The summed E-state index contributed by atoms with van der Waals surface area (Å²) in [6, 6.07) is 7.85. The molecule has 4 nitrogen and oxygen atoms in total. The van der Waals surface area contributed by atoms with Crippen LogP contribution in [0.2, 0.25) is 0 Å². The summed E-state index contributed by atoms with van der Waals surface area (Å²) >= 11 is 0. The monoisotopic (exact) mass is 263 g/mol. The van der Waals surface area contributed by atoms with Crippen molar-refractivity contribution >= 4 is 11.6 Å². The molecule has 0 aromatic heterocycles. The number of benzene rings is 1. The molecule has 1 atom stereocenters. The number of amides is 1. The molecular weight excluding hydrogens is 238 g/mol. The van der Waals surface area contributed by atoms with E-state index in [4.69, 9.17) is 0 Å². The summed E-state index contributed by atoms with van der Waals surface area (Å²) in [6.07, 6.45) is 0. The number of hydrogen-bond donors (Lipinski definition) is 2. The number of hydrogen-bond acceptors (Lipinski definition) is 3. The first-order valence-electron chi connectivity index (χ1n) is 6.90. The van der Waals surface area contributed by atoms with Gasteiger partial charge in [0.25, 0.3) is 0 Å². The van der Waals surface area contributed by atoms with E-state index in [9.17, 15) is 4.79 Å². The fourth-order valence-corrected chi connectivity index (χ4v) is 1.83. The molecule has 0 heterocycles. The summed E-state index contributed by atoms with van der Waals surface area (Å²) in [5.74, 6) is -0.0116. The van der Waals surface area contributed by atoms with E-state index >= 15 is 0 Å². The van der Waals surface area contributed by atoms with E-state index in [1.165, 1.54) is 5.56 Å². The Labute approximate surface area is 116 Å². The molecule has 106 valence electrons. The molecule has 0 aliphatic rings. The lowest BCUT2D eigenvalue weighted by molar-refractivity contribution is -0.117. The molecule has 4 heteroatoms. The van der Waals surface area contributed by atoms with Crippen LogP contribution >= 0.6 is 0 Å². The van der Waals surface area contributed by atoms with Gasteiger partial charge in [0.05, 0.1) is 6.04 Å². The van der Waals surface area contributed by atoms with Crippen LogP contribution in [0.15, 0.2) is 24.3 Å². The predicted molar refractivity (Wildman–Crippen MR) is 80.2 cm³/mol. The zero-order valence-corrected chi connectivity index (χ0v) is 12.4. The minimum Gasteiger partial charge on any atom is -0.325 e. The summed E-state index contributed by atoms with van der Waals surface area (Å²) in [5.41, 5.74) is 2.08. The number of carbonyl (C=O) groups is 1. The normalized spacial score (nSPS) is 12.5. The zero-order valence-electron chi connectivity index (χ0n) is 12.4. The number of likely N-dealkylation sites (N-methyl/N-ethyl adjacent to an activating group) is 1. The molecule has 0 bridgehead atoms. The molecule has 2 N–H and O–H groups in total. The standard InChI is InChI=1S/C15H25N3O/c1-5-18(6-2)11-13-8-7-9-14(10-13)17-15(19)12(3)16-4/h7-10,12,16H,5-6,11H2,1-4H3,(H,17,19).